The Hall–Kier alpha value is -1.88. The second-order valence-electron chi connectivity index (χ2n) is 4.67. The Bertz CT molecular complexity index is 571. The van der Waals surface area contributed by atoms with E-state index in [4.69, 9.17) is 4.74 Å². The predicted octanol–water partition coefficient (Wildman–Crippen LogP) is 3.70. The first-order valence-electron chi connectivity index (χ1n) is 6.87. The van der Waals surface area contributed by atoms with Crippen LogP contribution in [-0.4, -0.2) is 24.0 Å². The maximum atomic E-state index is 13.4. The van der Waals surface area contributed by atoms with Gasteiger partial charge in [-0.2, -0.15) is 11.3 Å². The summed E-state index contributed by atoms with van der Waals surface area (Å²) >= 11 is 1.60. The van der Waals surface area contributed by atoms with Crippen molar-refractivity contribution in [3.05, 3.63) is 52.5 Å². The van der Waals surface area contributed by atoms with Gasteiger partial charge in [-0.15, -0.1) is 0 Å². The maximum Gasteiger partial charge on any atom is 0.260 e. The molecule has 0 aliphatic rings. The lowest BCUT2D eigenvalue weighted by Gasteiger charge is -2.21. The van der Waals surface area contributed by atoms with Gasteiger partial charge in [-0.25, -0.2) is 4.39 Å². The number of ether oxygens (including phenoxy) is 1. The summed E-state index contributed by atoms with van der Waals surface area (Å²) in [5.74, 6) is -0.477. The standard InChI is InChI=1S/C16H18FNO2S/c1-2-8-18(10-13-7-9-21-12-13)16(19)11-20-15-6-4-3-5-14(15)17/h3-7,9,12H,2,8,10-11H2,1H3. The summed E-state index contributed by atoms with van der Waals surface area (Å²) in [6.45, 7) is 3.10. The molecule has 112 valence electrons. The summed E-state index contributed by atoms with van der Waals surface area (Å²) in [6, 6.07) is 8.10. The van der Waals surface area contributed by atoms with Crippen LogP contribution in [0.25, 0.3) is 0 Å². The summed E-state index contributed by atoms with van der Waals surface area (Å²) in [5, 5.41) is 4.01. The van der Waals surface area contributed by atoms with Crippen LogP contribution in [0.2, 0.25) is 0 Å². The third kappa shape index (κ3) is 4.56. The van der Waals surface area contributed by atoms with Gasteiger partial charge in [0.05, 0.1) is 0 Å². The molecule has 0 fully saturated rings. The van der Waals surface area contributed by atoms with Crippen molar-refractivity contribution in [2.75, 3.05) is 13.2 Å². The predicted molar refractivity (Wildman–Crippen MR) is 81.9 cm³/mol. The summed E-state index contributed by atoms with van der Waals surface area (Å²) in [7, 11) is 0. The fourth-order valence-corrected chi connectivity index (χ4v) is 2.62. The fourth-order valence-electron chi connectivity index (χ4n) is 1.96. The molecule has 1 aromatic carbocycles. The van der Waals surface area contributed by atoms with E-state index in [-0.39, 0.29) is 18.3 Å². The van der Waals surface area contributed by atoms with Crippen molar-refractivity contribution in [3.63, 3.8) is 0 Å². The molecule has 21 heavy (non-hydrogen) atoms. The monoisotopic (exact) mass is 307 g/mol. The number of rotatable bonds is 7. The first-order chi connectivity index (χ1) is 10.2. The van der Waals surface area contributed by atoms with Crippen LogP contribution in [-0.2, 0) is 11.3 Å². The molecule has 0 aliphatic heterocycles. The van der Waals surface area contributed by atoms with Crippen molar-refractivity contribution >= 4 is 17.2 Å². The van der Waals surface area contributed by atoms with Gasteiger partial charge in [0.15, 0.2) is 18.2 Å². The zero-order valence-electron chi connectivity index (χ0n) is 11.9. The minimum Gasteiger partial charge on any atom is -0.481 e. The minimum absolute atomic E-state index is 0.109. The van der Waals surface area contributed by atoms with Crippen molar-refractivity contribution in [2.45, 2.75) is 19.9 Å². The Balaban J connectivity index is 1.94. The fraction of sp³-hybridized carbons (Fsp3) is 0.312. The van der Waals surface area contributed by atoms with Gasteiger partial charge in [0, 0.05) is 13.1 Å². The molecule has 3 nitrogen and oxygen atoms in total. The lowest BCUT2D eigenvalue weighted by molar-refractivity contribution is -0.134. The Kier molecular flexibility index (Phi) is 5.75. The van der Waals surface area contributed by atoms with Crippen molar-refractivity contribution in [1.29, 1.82) is 0 Å². The van der Waals surface area contributed by atoms with Gasteiger partial charge in [-0.05, 0) is 40.9 Å². The highest BCUT2D eigenvalue weighted by molar-refractivity contribution is 7.07. The minimum atomic E-state index is -0.454. The van der Waals surface area contributed by atoms with Crippen LogP contribution in [0.3, 0.4) is 0 Å². The number of nitrogens with zero attached hydrogens (tertiary/aromatic N) is 1. The van der Waals surface area contributed by atoms with Crippen LogP contribution in [0, 0.1) is 5.82 Å². The second-order valence-corrected chi connectivity index (χ2v) is 5.45. The van der Waals surface area contributed by atoms with E-state index in [0.717, 1.165) is 12.0 Å². The molecule has 2 rings (SSSR count). The number of para-hydroxylation sites is 1. The van der Waals surface area contributed by atoms with Crippen LogP contribution >= 0.6 is 11.3 Å². The van der Waals surface area contributed by atoms with E-state index in [1.54, 1.807) is 28.4 Å². The third-order valence-electron chi connectivity index (χ3n) is 2.99. The largest absolute Gasteiger partial charge is 0.481 e. The SMILES string of the molecule is CCCN(Cc1ccsc1)C(=O)COc1ccccc1F. The molecule has 1 amide bonds. The number of halogens is 1. The number of carbonyl (C=O) groups is 1. The molecule has 0 atom stereocenters. The number of benzene rings is 1. The van der Waals surface area contributed by atoms with Gasteiger partial charge >= 0.3 is 0 Å². The van der Waals surface area contributed by atoms with Gasteiger partial charge in [0.25, 0.3) is 5.91 Å². The highest BCUT2D eigenvalue weighted by atomic mass is 32.1. The number of hydrogen-bond donors (Lipinski definition) is 0. The summed E-state index contributed by atoms with van der Waals surface area (Å²) < 4.78 is 18.7. The van der Waals surface area contributed by atoms with Crippen LogP contribution in [0.15, 0.2) is 41.1 Å². The van der Waals surface area contributed by atoms with Gasteiger partial charge in [-0.1, -0.05) is 19.1 Å². The highest BCUT2D eigenvalue weighted by Crippen LogP contribution is 2.16. The zero-order valence-corrected chi connectivity index (χ0v) is 12.7. The van der Waals surface area contributed by atoms with Crippen molar-refractivity contribution in [2.24, 2.45) is 0 Å². The van der Waals surface area contributed by atoms with Crippen LogP contribution in [0.1, 0.15) is 18.9 Å². The Morgan fingerprint density at radius 3 is 2.81 bits per heavy atom. The second kappa shape index (κ2) is 7.78. The lowest BCUT2D eigenvalue weighted by Crippen LogP contribution is -2.35. The number of hydrogen-bond acceptors (Lipinski definition) is 3. The molecule has 0 spiro atoms. The van der Waals surface area contributed by atoms with E-state index in [9.17, 15) is 9.18 Å². The average Bonchev–Trinajstić information content (AvgIpc) is 2.99. The quantitative estimate of drug-likeness (QED) is 0.780. The van der Waals surface area contributed by atoms with Gasteiger partial charge < -0.3 is 9.64 Å². The summed E-state index contributed by atoms with van der Waals surface area (Å²) in [5.41, 5.74) is 1.10. The van der Waals surface area contributed by atoms with Crippen LogP contribution < -0.4 is 4.74 Å². The van der Waals surface area contributed by atoms with Gasteiger partial charge in [0.2, 0.25) is 0 Å². The molecule has 1 heterocycles. The molecule has 1 aromatic heterocycles. The van der Waals surface area contributed by atoms with E-state index < -0.39 is 5.82 Å². The Morgan fingerprint density at radius 1 is 1.33 bits per heavy atom. The third-order valence-corrected chi connectivity index (χ3v) is 3.72. The average molecular weight is 307 g/mol. The molecule has 0 radical (unpaired) electrons. The lowest BCUT2D eigenvalue weighted by atomic mass is 10.3. The molecule has 5 heteroatoms. The van der Waals surface area contributed by atoms with Crippen LogP contribution in [0.4, 0.5) is 4.39 Å². The number of thiophene rings is 1. The molecule has 0 aliphatic carbocycles. The van der Waals surface area contributed by atoms with E-state index in [0.29, 0.717) is 13.1 Å². The Labute approximate surface area is 128 Å². The maximum absolute atomic E-state index is 13.4. The summed E-state index contributed by atoms with van der Waals surface area (Å²) in [4.78, 5) is 14.0. The molecule has 2 aromatic rings. The normalized spacial score (nSPS) is 10.4. The van der Waals surface area contributed by atoms with E-state index in [1.807, 2.05) is 23.8 Å². The molecular weight excluding hydrogens is 289 g/mol. The molecule has 0 N–H and O–H groups in total. The molecular formula is C16H18FNO2S. The molecule has 0 unspecified atom stereocenters. The van der Waals surface area contributed by atoms with E-state index >= 15 is 0 Å². The van der Waals surface area contributed by atoms with E-state index in [1.165, 1.54) is 12.1 Å². The van der Waals surface area contributed by atoms with Gasteiger partial charge in [-0.3, -0.25) is 4.79 Å². The van der Waals surface area contributed by atoms with Crippen LogP contribution in [0.5, 0.6) is 5.75 Å². The smallest absolute Gasteiger partial charge is 0.260 e. The first-order valence-corrected chi connectivity index (χ1v) is 7.81. The first kappa shape index (κ1) is 15.5. The molecule has 0 saturated carbocycles. The number of carbonyl (C=O) groups excluding carboxylic acids is 1. The molecule has 0 saturated heterocycles. The molecule has 0 bridgehead atoms. The zero-order chi connectivity index (χ0) is 15.1. The van der Waals surface area contributed by atoms with Crippen molar-refractivity contribution in [1.82, 2.24) is 4.90 Å². The van der Waals surface area contributed by atoms with Crippen molar-refractivity contribution in [3.8, 4) is 5.75 Å². The number of amides is 1. The Morgan fingerprint density at radius 2 is 2.14 bits per heavy atom. The van der Waals surface area contributed by atoms with Crippen molar-refractivity contribution < 1.29 is 13.9 Å². The van der Waals surface area contributed by atoms with E-state index in [2.05, 4.69) is 0 Å². The highest BCUT2D eigenvalue weighted by Gasteiger charge is 2.15. The van der Waals surface area contributed by atoms with Gasteiger partial charge in [0.1, 0.15) is 0 Å². The topological polar surface area (TPSA) is 29.5 Å². The summed E-state index contributed by atoms with van der Waals surface area (Å²) in [6.07, 6.45) is 0.871.